The number of rotatable bonds is 7. The number of hydrogen-bond donors (Lipinski definition) is 2. The summed E-state index contributed by atoms with van der Waals surface area (Å²) in [5.74, 6) is -2.36. The number of esters is 1. The molecule has 0 spiro atoms. The summed E-state index contributed by atoms with van der Waals surface area (Å²) in [6, 6.07) is 4.58. The maximum absolute atomic E-state index is 13.0. The molecule has 4 amide bonds. The second kappa shape index (κ2) is 11.1. The molecule has 0 atom stereocenters. The molecular weight excluding hydrogens is 385 g/mol. The Balaban J connectivity index is 1.70. The van der Waals surface area contributed by atoms with E-state index in [4.69, 9.17) is 9.47 Å². The largest absolute Gasteiger partial charge is 0.455 e. The number of halogens is 1. The Hall–Kier alpha value is -3.01. The number of benzene rings is 1. The molecule has 9 nitrogen and oxygen atoms in total. The fraction of sp³-hybridized carbons (Fsp3) is 0.474. The molecule has 0 saturated carbocycles. The molecule has 0 aliphatic carbocycles. The molecule has 1 aliphatic heterocycles. The predicted octanol–water partition coefficient (Wildman–Crippen LogP) is 0.693. The molecule has 1 saturated heterocycles. The second-order valence-corrected chi connectivity index (χ2v) is 6.48. The van der Waals surface area contributed by atoms with Gasteiger partial charge in [0.2, 0.25) is 0 Å². The number of likely N-dealkylation sites (tertiary alicyclic amines) is 1. The molecule has 1 fully saturated rings. The summed E-state index contributed by atoms with van der Waals surface area (Å²) in [6.07, 6.45) is 0.787. The zero-order chi connectivity index (χ0) is 21.2. The van der Waals surface area contributed by atoms with E-state index in [9.17, 15) is 23.6 Å². The number of urea groups is 1. The number of imide groups is 1. The van der Waals surface area contributed by atoms with Crippen LogP contribution in [-0.2, 0) is 19.1 Å². The van der Waals surface area contributed by atoms with Crippen LogP contribution in [0.2, 0.25) is 0 Å². The van der Waals surface area contributed by atoms with Crippen LogP contribution in [0, 0.1) is 11.7 Å². The van der Waals surface area contributed by atoms with Crippen LogP contribution in [0.3, 0.4) is 0 Å². The number of carbonyl (C=O) groups is 4. The van der Waals surface area contributed by atoms with Crippen LogP contribution in [0.25, 0.3) is 0 Å². The zero-order valence-electron chi connectivity index (χ0n) is 16.1. The first-order chi connectivity index (χ1) is 13.9. The van der Waals surface area contributed by atoms with Crippen molar-refractivity contribution in [1.29, 1.82) is 0 Å². The average Bonchev–Trinajstić information content (AvgIpc) is 2.72. The number of nitrogens with one attached hydrogen (secondary N) is 2. The Morgan fingerprint density at radius 2 is 1.79 bits per heavy atom. The van der Waals surface area contributed by atoms with E-state index >= 15 is 0 Å². The highest BCUT2D eigenvalue weighted by Gasteiger charge is 2.29. The third kappa shape index (κ3) is 7.15. The third-order valence-electron chi connectivity index (χ3n) is 4.40. The van der Waals surface area contributed by atoms with Crippen LogP contribution in [0.4, 0.5) is 9.18 Å². The van der Waals surface area contributed by atoms with Gasteiger partial charge in [-0.2, -0.15) is 0 Å². The first kappa shape index (κ1) is 22.3. The van der Waals surface area contributed by atoms with E-state index in [1.54, 1.807) is 4.90 Å². The minimum absolute atomic E-state index is 0.226. The van der Waals surface area contributed by atoms with Crippen LogP contribution < -0.4 is 10.6 Å². The molecule has 2 rings (SSSR count). The van der Waals surface area contributed by atoms with E-state index in [2.05, 4.69) is 5.32 Å². The smallest absolute Gasteiger partial charge is 0.321 e. The van der Waals surface area contributed by atoms with Gasteiger partial charge >= 0.3 is 12.0 Å². The normalized spacial score (nSPS) is 14.2. The number of piperidine rings is 1. The number of ether oxygens (including phenoxy) is 2. The van der Waals surface area contributed by atoms with Gasteiger partial charge in [0.15, 0.2) is 6.61 Å². The van der Waals surface area contributed by atoms with Gasteiger partial charge in [-0.3, -0.25) is 19.7 Å². The van der Waals surface area contributed by atoms with Crippen LogP contribution >= 0.6 is 0 Å². The topological polar surface area (TPSA) is 114 Å². The van der Waals surface area contributed by atoms with Crippen LogP contribution in [-0.4, -0.2) is 68.7 Å². The summed E-state index contributed by atoms with van der Waals surface area (Å²) < 4.78 is 22.7. The lowest BCUT2D eigenvalue weighted by Crippen LogP contribution is -2.43. The quantitative estimate of drug-likeness (QED) is 0.506. The molecular formula is C19H24FN3O6. The lowest BCUT2D eigenvalue weighted by molar-refractivity contribution is -0.153. The number of hydrogen-bond acceptors (Lipinski definition) is 6. The van der Waals surface area contributed by atoms with Gasteiger partial charge in [0.05, 0.1) is 12.5 Å². The molecule has 0 unspecified atom stereocenters. The number of methoxy groups -OCH3 is 1. The summed E-state index contributed by atoms with van der Waals surface area (Å²) in [5, 5.41) is 4.44. The van der Waals surface area contributed by atoms with E-state index in [-0.39, 0.29) is 12.5 Å². The molecule has 2 N–H and O–H groups in total. The Labute approximate surface area is 167 Å². The van der Waals surface area contributed by atoms with Gasteiger partial charge in [0.1, 0.15) is 5.82 Å². The molecule has 0 radical (unpaired) electrons. The van der Waals surface area contributed by atoms with Crippen molar-refractivity contribution in [3.63, 3.8) is 0 Å². The van der Waals surface area contributed by atoms with Gasteiger partial charge in [-0.1, -0.05) is 0 Å². The molecule has 0 aromatic heterocycles. The summed E-state index contributed by atoms with van der Waals surface area (Å²) in [7, 11) is 1.48. The van der Waals surface area contributed by atoms with Gasteiger partial charge < -0.3 is 19.7 Å². The van der Waals surface area contributed by atoms with Crippen molar-refractivity contribution in [2.75, 3.05) is 40.0 Å². The molecule has 10 heteroatoms. The Bertz CT molecular complexity index is 732. The van der Waals surface area contributed by atoms with Crippen molar-refractivity contribution in [3.05, 3.63) is 35.6 Å². The van der Waals surface area contributed by atoms with Gasteiger partial charge in [0, 0.05) is 32.3 Å². The number of amides is 4. The highest BCUT2D eigenvalue weighted by atomic mass is 19.1. The van der Waals surface area contributed by atoms with Crippen molar-refractivity contribution in [2.45, 2.75) is 12.8 Å². The summed E-state index contributed by atoms with van der Waals surface area (Å²) in [4.78, 5) is 49.1. The van der Waals surface area contributed by atoms with E-state index in [1.165, 1.54) is 31.4 Å². The molecule has 1 aliphatic rings. The van der Waals surface area contributed by atoms with Gasteiger partial charge in [-0.05, 0) is 37.1 Å². The first-order valence-corrected chi connectivity index (χ1v) is 9.18. The predicted molar refractivity (Wildman–Crippen MR) is 99.4 cm³/mol. The molecule has 158 valence electrons. The number of nitrogens with zero attached hydrogens (tertiary/aromatic N) is 1. The lowest BCUT2D eigenvalue weighted by atomic mass is 9.96. The van der Waals surface area contributed by atoms with Crippen molar-refractivity contribution >= 4 is 23.8 Å². The second-order valence-electron chi connectivity index (χ2n) is 6.48. The van der Waals surface area contributed by atoms with Gasteiger partial charge in [-0.15, -0.1) is 0 Å². The van der Waals surface area contributed by atoms with E-state index in [1.807, 2.05) is 5.32 Å². The van der Waals surface area contributed by atoms with Crippen LogP contribution in [0.15, 0.2) is 24.3 Å². The van der Waals surface area contributed by atoms with Crippen molar-refractivity contribution in [2.24, 2.45) is 5.92 Å². The maximum Gasteiger partial charge on any atom is 0.321 e. The zero-order valence-corrected chi connectivity index (χ0v) is 16.1. The maximum atomic E-state index is 13.0. The van der Waals surface area contributed by atoms with E-state index < -0.39 is 36.2 Å². The Morgan fingerprint density at radius 1 is 1.14 bits per heavy atom. The minimum atomic E-state index is -0.739. The fourth-order valence-electron chi connectivity index (χ4n) is 2.82. The lowest BCUT2D eigenvalue weighted by Gasteiger charge is -2.31. The average molecular weight is 409 g/mol. The molecule has 1 heterocycles. The third-order valence-corrected chi connectivity index (χ3v) is 4.40. The van der Waals surface area contributed by atoms with E-state index in [0.29, 0.717) is 38.1 Å². The highest BCUT2D eigenvalue weighted by Crippen LogP contribution is 2.20. The fourth-order valence-corrected chi connectivity index (χ4v) is 2.82. The molecule has 0 bridgehead atoms. The van der Waals surface area contributed by atoms with Crippen LogP contribution in [0.1, 0.15) is 23.2 Å². The monoisotopic (exact) mass is 409 g/mol. The van der Waals surface area contributed by atoms with Crippen LogP contribution in [0.5, 0.6) is 0 Å². The van der Waals surface area contributed by atoms with Gasteiger partial charge in [-0.25, -0.2) is 9.18 Å². The van der Waals surface area contributed by atoms with Crippen molar-refractivity contribution < 1.29 is 33.0 Å². The Kier molecular flexibility index (Phi) is 8.53. The van der Waals surface area contributed by atoms with Crippen molar-refractivity contribution in [3.8, 4) is 0 Å². The van der Waals surface area contributed by atoms with Gasteiger partial charge in [0.25, 0.3) is 11.8 Å². The number of carbonyl (C=O) groups excluding carboxylic acids is 4. The summed E-state index contributed by atoms with van der Waals surface area (Å²) >= 11 is 0. The molecule has 1 aromatic rings. The highest BCUT2D eigenvalue weighted by molar-refractivity contribution is 5.96. The summed E-state index contributed by atoms with van der Waals surface area (Å²) in [6.45, 7) is 0.684. The minimum Gasteiger partial charge on any atom is -0.455 e. The molecule has 1 aromatic carbocycles. The van der Waals surface area contributed by atoms with Crippen molar-refractivity contribution in [1.82, 2.24) is 15.5 Å². The van der Waals surface area contributed by atoms with E-state index in [0.717, 1.165) is 0 Å². The first-order valence-electron chi connectivity index (χ1n) is 9.18. The summed E-state index contributed by atoms with van der Waals surface area (Å²) in [5.41, 5.74) is 0.382. The SMILES string of the molecule is COCCNC(=O)NC(=O)COC(=O)C1CCN(C(=O)c2ccc(F)cc2)CC1. The Morgan fingerprint density at radius 3 is 2.41 bits per heavy atom. The standard InChI is InChI=1S/C19H24FN3O6/c1-28-11-8-21-19(27)22-16(24)12-29-18(26)14-6-9-23(10-7-14)17(25)13-2-4-15(20)5-3-13/h2-5,14H,6-12H2,1H3,(H2,21,22,24,27). The molecule has 29 heavy (non-hydrogen) atoms.